The molecule has 3 rings (SSSR count). The highest BCUT2D eigenvalue weighted by Gasteiger charge is 2.28. The number of carbonyl (C=O) groups excluding carboxylic acids is 1. The Kier molecular flexibility index (Phi) is 5.25. The van der Waals surface area contributed by atoms with Crippen LogP contribution in [0.15, 0.2) is 23.4 Å². The number of thioether (sulfide) groups is 1. The lowest BCUT2D eigenvalue weighted by Gasteiger charge is -2.18. The van der Waals surface area contributed by atoms with Gasteiger partial charge >= 0.3 is 0 Å². The highest BCUT2D eigenvalue weighted by Crippen LogP contribution is 2.36. The van der Waals surface area contributed by atoms with E-state index in [4.69, 9.17) is 16.3 Å². The lowest BCUT2D eigenvalue weighted by atomic mass is 10.2. The van der Waals surface area contributed by atoms with E-state index in [1.54, 1.807) is 35.9 Å². The van der Waals surface area contributed by atoms with Crippen LogP contribution in [0.3, 0.4) is 0 Å². The summed E-state index contributed by atoms with van der Waals surface area (Å²) >= 11 is 7.39. The van der Waals surface area contributed by atoms with Crippen molar-refractivity contribution in [2.45, 2.75) is 30.6 Å². The quantitative estimate of drug-likeness (QED) is 0.700. The maximum atomic E-state index is 12.4. The maximum absolute atomic E-state index is 12.4. The minimum absolute atomic E-state index is 0.00706. The van der Waals surface area contributed by atoms with Crippen LogP contribution in [-0.4, -0.2) is 50.9 Å². The van der Waals surface area contributed by atoms with E-state index >= 15 is 0 Å². The number of hydrogen-bond donors (Lipinski definition) is 0. The van der Waals surface area contributed by atoms with Gasteiger partial charge in [-0.15, -0.1) is 5.10 Å². The fourth-order valence-corrected chi connectivity index (χ4v) is 3.36. The molecule has 0 aliphatic heterocycles. The molecule has 1 aliphatic rings. The summed E-state index contributed by atoms with van der Waals surface area (Å²) < 4.78 is 7.12. The van der Waals surface area contributed by atoms with Crippen molar-refractivity contribution in [1.82, 2.24) is 25.1 Å². The molecule has 1 aliphatic carbocycles. The normalized spacial score (nSPS) is 13.8. The first-order valence-corrected chi connectivity index (χ1v) is 8.92. The molecule has 0 saturated heterocycles. The number of tetrazole rings is 1. The van der Waals surface area contributed by atoms with Crippen LogP contribution in [0.4, 0.5) is 0 Å². The van der Waals surface area contributed by atoms with Gasteiger partial charge in [-0.05, 0) is 41.5 Å². The number of ether oxygens (including phenoxy) is 1. The number of rotatable bonds is 7. The van der Waals surface area contributed by atoms with Gasteiger partial charge in [-0.3, -0.25) is 4.79 Å². The molecular weight excluding hydrogens is 350 g/mol. The van der Waals surface area contributed by atoms with E-state index in [9.17, 15) is 4.79 Å². The van der Waals surface area contributed by atoms with Gasteiger partial charge < -0.3 is 9.64 Å². The number of benzene rings is 1. The second kappa shape index (κ2) is 7.40. The molecule has 1 heterocycles. The summed E-state index contributed by atoms with van der Waals surface area (Å²) in [6.45, 7) is 0.427. The third-order valence-electron chi connectivity index (χ3n) is 3.76. The summed E-state index contributed by atoms with van der Waals surface area (Å²) in [5.74, 6) is 0.990. The Balaban J connectivity index is 1.58. The van der Waals surface area contributed by atoms with Crippen molar-refractivity contribution in [1.29, 1.82) is 0 Å². The smallest absolute Gasteiger partial charge is 0.233 e. The predicted octanol–water partition coefficient (Wildman–Crippen LogP) is 2.42. The van der Waals surface area contributed by atoms with E-state index in [0.717, 1.165) is 18.4 Å². The number of nitrogens with zero attached hydrogens (tertiary/aromatic N) is 5. The van der Waals surface area contributed by atoms with Crippen LogP contribution in [0, 0.1) is 0 Å². The van der Waals surface area contributed by atoms with Gasteiger partial charge in [-0.2, -0.15) is 0 Å². The van der Waals surface area contributed by atoms with Crippen LogP contribution in [0.25, 0.3) is 0 Å². The van der Waals surface area contributed by atoms with Crippen molar-refractivity contribution in [3.63, 3.8) is 0 Å². The molecule has 1 amide bonds. The topological polar surface area (TPSA) is 73.1 Å². The molecule has 24 heavy (non-hydrogen) atoms. The molecule has 0 unspecified atom stereocenters. The number of hydrogen-bond acceptors (Lipinski definition) is 6. The van der Waals surface area contributed by atoms with Crippen LogP contribution < -0.4 is 4.74 Å². The van der Waals surface area contributed by atoms with Crippen LogP contribution in [0.5, 0.6) is 5.75 Å². The zero-order valence-corrected chi connectivity index (χ0v) is 15.0. The summed E-state index contributed by atoms with van der Waals surface area (Å²) in [4.78, 5) is 14.0. The minimum Gasteiger partial charge on any atom is -0.496 e. The summed E-state index contributed by atoms with van der Waals surface area (Å²) in [5, 5.41) is 13.0. The van der Waals surface area contributed by atoms with Crippen LogP contribution in [0.2, 0.25) is 5.02 Å². The molecule has 0 spiro atoms. The largest absolute Gasteiger partial charge is 0.496 e. The predicted molar refractivity (Wildman–Crippen MR) is 91.3 cm³/mol. The van der Waals surface area contributed by atoms with Gasteiger partial charge in [0.25, 0.3) is 0 Å². The Labute approximate surface area is 149 Å². The molecule has 1 aromatic carbocycles. The Morgan fingerprint density at radius 1 is 1.50 bits per heavy atom. The molecule has 7 nitrogen and oxygen atoms in total. The first-order valence-electron chi connectivity index (χ1n) is 7.55. The van der Waals surface area contributed by atoms with E-state index in [-0.39, 0.29) is 11.7 Å². The molecule has 1 saturated carbocycles. The van der Waals surface area contributed by atoms with E-state index in [1.165, 1.54) is 11.8 Å². The average molecular weight is 368 g/mol. The van der Waals surface area contributed by atoms with Gasteiger partial charge in [0.05, 0.1) is 18.9 Å². The van der Waals surface area contributed by atoms with E-state index in [1.807, 2.05) is 6.07 Å². The molecule has 0 atom stereocenters. The molecule has 0 radical (unpaired) electrons. The van der Waals surface area contributed by atoms with Crippen LogP contribution in [-0.2, 0) is 11.3 Å². The van der Waals surface area contributed by atoms with E-state index < -0.39 is 0 Å². The monoisotopic (exact) mass is 367 g/mol. The van der Waals surface area contributed by atoms with Gasteiger partial charge in [0, 0.05) is 24.2 Å². The lowest BCUT2D eigenvalue weighted by molar-refractivity contribution is -0.127. The summed E-state index contributed by atoms with van der Waals surface area (Å²) in [7, 11) is 3.36. The van der Waals surface area contributed by atoms with Gasteiger partial charge in [0.2, 0.25) is 11.1 Å². The summed E-state index contributed by atoms with van der Waals surface area (Å²) in [6.07, 6.45) is 2.20. The second-order valence-corrected chi connectivity index (χ2v) is 7.01. The highest BCUT2D eigenvalue weighted by molar-refractivity contribution is 7.99. The third-order valence-corrected chi connectivity index (χ3v) is 4.91. The molecule has 0 bridgehead atoms. The molecule has 1 aromatic heterocycles. The number of halogens is 1. The van der Waals surface area contributed by atoms with Crippen LogP contribution in [0.1, 0.15) is 24.4 Å². The van der Waals surface area contributed by atoms with Crippen molar-refractivity contribution in [2.24, 2.45) is 0 Å². The Hall–Kier alpha value is -1.80. The Morgan fingerprint density at radius 2 is 2.29 bits per heavy atom. The zero-order valence-electron chi connectivity index (χ0n) is 13.5. The molecule has 2 aromatic rings. The highest BCUT2D eigenvalue weighted by atomic mass is 35.5. The van der Waals surface area contributed by atoms with Crippen LogP contribution >= 0.6 is 23.4 Å². The number of aromatic nitrogens is 4. The average Bonchev–Trinajstić information content (AvgIpc) is 3.31. The molecule has 128 valence electrons. The van der Waals surface area contributed by atoms with Crippen molar-refractivity contribution in [3.8, 4) is 5.75 Å². The lowest BCUT2D eigenvalue weighted by Crippen LogP contribution is -2.28. The van der Waals surface area contributed by atoms with Gasteiger partial charge in [-0.25, -0.2) is 4.68 Å². The van der Waals surface area contributed by atoms with Crippen molar-refractivity contribution < 1.29 is 9.53 Å². The van der Waals surface area contributed by atoms with E-state index in [0.29, 0.717) is 28.5 Å². The van der Waals surface area contributed by atoms with Gasteiger partial charge in [0.15, 0.2) is 0 Å². The van der Waals surface area contributed by atoms with E-state index in [2.05, 4.69) is 15.5 Å². The second-order valence-electron chi connectivity index (χ2n) is 5.63. The number of amides is 1. The first kappa shape index (κ1) is 17.0. The van der Waals surface area contributed by atoms with Crippen molar-refractivity contribution >= 4 is 29.3 Å². The number of methoxy groups -OCH3 is 1. The third kappa shape index (κ3) is 3.99. The Morgan fingerprint density at radius 3 is 3.00 bits per heavy atom. The fraction of sp³-hybridized carbons (Fsp3) is 0.467. The van der Waals surface area contributed by atoms with Gasteiger partial charge in [-0.1, -0.05) is 23.4 Å². The minimum atomic E-state index is -0.00706. The molecular formula is C15H18ClN5O2S. The van der Waals surface area contributed by atoms with Crippen molar-refractivity contribution in [2.75, 3.05) is 19.9 Å². The van der Waals surface area contributed by atoms with Crippen molar-refractivity contribution in [3.05, 3.63) is 28.8 Å². The fourth-order valence-electron chi connectivity index (χ4n) is 2.28. The first-order chi connectivity index (χ1) is 11.6. The Bertz CT molecular complexity index is 734. The zero-order chi connectivity index (χ0) is 17.1. The van der Waals surface area contributed by atoms with Gasteiger partial charge in [0.1, 0.15) is 5.75 Å². The maximum Gasteiger partial charge on any atom is 0.233 e. The summed E-state index contributed by atoms with van der Waals surface area (Å²) in [6, 6.07) is 5.77. The molecule has 1 fully saturated rings. The molecule has 9 heteroatoms. The standard InChI is InChI=1S/C15H18ClN5O2S/c1-20(8-10-7-11(16)3-6-13(10)23-2)14(22)9-24-15-17-18-19-21(15)12-4-5-12/h3,6-7,12H,4-5,8-9H2,1-2H3. The summed E-state index contributed by atoms with van der Waals surface area (Å²) in [5.41, 5.74) is 0.869. The number of carbonyl (C=O) groups is 1. The molecule has 0 N–H and O–H groups in total. The SMILES string of the molecule is COc1ccc(Cl)cc1CN(C)C(=O)CSc1nnnn1C1CC1.